The number of nitrogens with one attached hydrogen (secondary N) is 1. The van der Waals surface area contributed by atoms with Crippen LogP contribution >= 0.6 is 0 Å². The second kappa shape index (κ2) is 5.26. The Morgan fingerprint density at radius 2 is 1.93 bits per heavy atom. The molecule has 3 nitrogen and oxygen atoms in total. The SMILES string of the molecule is CC(C)(CN)NC(CO)c1ccccc1. The van der Waals surface area contributed by atoms with Crippen molar-refractivity contribution in [3.8, 4) is 0 Å². The number of rotatable bonds is 5. The van der Waals surface area contributed by atoms with E-state index < -0.39 is 0 Å². The number of benzene rings is 1. The van der Waals surface area contributed by atoms with Gasteiger partial charge in [0.15, 0.2) is 0 Å². The van der Waals surface area contributed by atoms with E-state index in [4.69, 9.17) is 5.73 Å². The summed E-state index contributed by atoms with van der Waals surface area (Å²) in [5, 5.41) is 12.7. The van der Waals surface area contributed by atoms with Gasteiger partial charge < -0.3 is 16.2 Å². The summed E-state index contributed by atoms with van der Waals surface area (Å²) in [6.45, 7) is 4.67. The first-order chi connectivity index (χ1) is 7.09. The van der Waals surface area contributed by atoms with E-state index in [0.717, 1.165) is 5.56 Å². The van der Waals surface area contributed by atoms with Crippen LogP contribution < -0.4 is 11.1 Å². The van der Waals surface area contributed by atoms with Crippen molar-refractivity contribution in [1.82, 2.24) is 5.32 Å². The first-order valence-electron chi connectivity index (χ1n) is 5.22. The van der Waals surface area contributed by atoms with Crippen LogP contribution in [0.15, 0.2) is 30.3 Å². The molecule has 0 fully saturated rings. The van der Waals surface area contributed by atoms with Gasteiger partial charge in [0.2, 0.25) is 0 Å². The van der Waals surface area contributed by atoms with E-state index in [0.29, 0.717) is 6.54 Å². The Hall–Kier alpha value is -0.900. The second-order valence-electron chi connectivity index (χ2n) is 4.38. The second-order valence-corrected chi connectivity index (χ2v) is 4.38. The fourth-order valence-corrected chi connectivity index (χ4v) is 1.45. The number of aliphatic hydroxyl groups is 1. The highest BCUT2D eigenvalue weighted by atomic mass is 16.3. The largest absolute Gasteiger partial charge is 0.394 e. The Labute approximate surface area is 91.3 Å². The molecule has 0 spiro atoms. The van der Waals surface area contributed by atoms with Crippen LogP contribution in [0, 0.1) is 0 Å². The summed E-state index contributed by atoms with van der Waals surface area (Å²) in [5.41, 5.74) is 6.56. The molecule has 0 saturated heterocycles. The summed E-state index contributed by atoms with van der Waals surface area (Å²) in [5.74, 6) is 0. The molecule has 0 aliphatic rings. The summed E-state index contributed by atoms with van der Waals surface area (Å²) in [4.78, 5) is 0. The lowest BCUT2D eigenvalue weighted by Crippen LogP contribution is -2.48. The summed E-state index contributed by atoms with van der Waals surface area (Å²) in [6.07, 6.45) is 0. The van der Waals surface area contributed by atoms with Crippen LogP contribution in [0.2, 0.25) is 0 Å². The van der Waals surface area contributed by atoms with Crippen molar-refractivity contribution < 1.29 is 5.11 Å². The molecule has 0 aromatic heterocycles. The van der Waals surface area contributed by atoms with E-state index in [-0.39, 0.29) is 18.2 Å². The maximum absolute atomic E-state index is 9.33. The third-order valence-corrected chi connectivity index (χ3v) is 2.46. The Kier molecular flexibility index (Phi) is 4.27. The topological polar surface area (TPSA) is 58.3 Å². The molecule has 1 aromatic rings. The molecule has 4 N–H and O–H groups in total. The first-order valence-corrected chi connectivity index (χ1v) is 5.22. The number of nitrogens with two attached hydrogens (primary N) is 1. The first kappa shape index (κ1) is 12.2. The third-order valence-electron chi connectivity index (χ3n) is 2.46. The lowest BCUT2D eigenvalue weighted by atomic mass is 10.0. The van der Waals surface area contributed by atoms with Gasteiger partial charge in [0, 0.05) is 12.1 Å². The quantitative estimate of drug-likeness (QED) is 0.678. The van der Waals surface area contributed by atoms with Crippen LogP contribution in [-0.4, -0.2) is 23.8 Å². The van der Waals surface area contributed by atoms with E-state index in [1.54, 1.807) is 0 Å². The molecule has 1 atom stereocenters. The van der Waals surface area contributed by atoms with Crippen molar-refractivity contribution in [2.45, 2.75) is 25.4 Å². The van der Waals surface area contributed by atoms with Crippen LogP contribution in [0.1, 0.15) is 25.5 Å². The van der Waals surface area contributed by atoms with Crippen molar-refractivity contribution in [1.29, 1.82) is 0 Å². The zero-order valence-electron chi connectivity index (χ0n) is 9.40. The van der Waals surface area contributed by atoms with Crippen molar-refractivity contribution in [2.75, 3.05) is 13.2 Å². The summed E-state index contributed by atoms with van der Waals surface area (Å²) < 4.78 is 0. The molecule has 0 radical (unpaired) electrons. The molecule has 84 valence electrons. The summed E-state index contributed by atoms with van der Waals surface area (Å²) >= 11 is 0. The van der Waals surface area contributed by atoms with Crippen LogP contribution in [-0.2, 0) is 0 Å². The van der Waals surface area contributed by atoms with Gasteiger partial charge >= 0.3 is 0 Å². The molecule has 1 aromatic carbocycles. The predicted octanol–water partition coefficient (Wildman–Crippen LogP) is 1.05. The molecule has 0 aliphatic heterocycles. The number of hydrogen-bond donors (Lipinski definition) is 3. The van der Waals surface area contributed by atoms with E-state index in [9.17, 15) is 5.11 Å². The van der Waals surface area contributed by atoms with E-state index >= 15 is 0 Å². The van der Waals surface area contributed by atoms with Crippen molar-refractivity contribution >= 4 is 0 Å². The molecule has 15 heavy (non-hydrogen) atoms. The minimum Gasteiger partial charge on any atom is -0.394 e. The third kappa shape index (κ3) is 3.63. The zero-order valence-corrected chi connectivity index (χ0v) is 9.40. The maximum atomic E-state index is 9.33. The number of aliphatic hydroxyl groups excluding tert-OH is 1. The fraction of sp³-hybridized carbons (Fsp3) is 0.500. The molecule has 1 unspecified atom stereocenters. The lowest BCUT2D eigenvalue weighted by Gasteiger charge is -2.30. The smallest absolute Gasteiger partial charge is 0.0626 e. The molecule has 1 rings (SSSR count). The minimum absolute atomic E-state index is 0.0512. The lowest BCUT2D eigenvalue weighted by molar-refractivity contribution is 0.213. The Balaban J connectivity index is 2.73. The Bertz CT molecular complexity index is 285. The monoisotopic (exact) mass is 208 g/mol. The van der Waals surface area contributed by atoms with E-state index in [1.165, 1.54) is 0 Å². The fourth-order valence-electron chi connectivity index (χ4n) is 1.45. The van der Waals surface area contributed by atoms with Gasteiger partial charge in [-0.25, -0.2) is 0 Å². The van der Waals surface area contributed by atoms with Crippen LogP contribution in [0.25, 0.3) is 0 Å². The van der Waals surface area contributed by atoms with Crippen molar-refractivity contribution in [3.05, 3.63) is 35.9 Å². The van der Waals surface area contributed by atoms with Gasteiger partial charge in [-0.3, -0.25) is 0 Å². The molecule has 0 amide bonds. The van der Waals surface area contributed by atoms with Crippen LogP contribution in [0.3, 0.4) is 0 Å². The van der Waals surface area contributed by atoms with Gasteiger partial charge in [0.25, 0.3) is 0 Å². The van der Waals surface area contributed by atoms with Gasteiger partial charge in [-0.2, -0.15) is 0 Å². The van der Waals surface area contributed by atoms with E-state index in [2.05, 4.69) is 5.32 Å². The maximum Gasteiger partial charge on any atom is 0.0626 e. The minimum atomic E-state index is -0.163. The van der Waals surface area contributed by atoms with Gasteiger partial charge in [0.05, 0.1) is 12.6 Å². The molecule has 3 heteroatoms. The highest BCUT2D eigenvalue weighted by Crippen LogP contribution is 2.15. The van der Waals surface area contributed by atoms with Gasteiger partial charge in [-0.1, -0.05) is 30.3 Å². The van der Waals surface area contributed by atoms with E-state index in [1.807, 2.05) is 44.2 Å². The molecule has 0 bridgehead atoms. The molecule has 0 saturated carbocycles. The normalized spacial score (nSPS) is 13.9. The Morgan fingerprint density at radius 1 is 1.33 bits per heavy atom. The molecular formula is C12H20N2O. The highest BCUT2D eigenvalue weighted by molar-refractivity contribution is 5.19. The average Bonchev–Trinajstić information content (AvgIpc) is 2.27. The van der Waals surface area contributed by atoms with Crippen LogP contribution in [0.4, 0.5) is 0 Å². The van der Waals surface area contributed by atoms with Gasteiger partial charge in [0.1, 0.15) is 0 Å². The average molecular weight is 208 g/mol. The Morgan fingerprint density at radius 3 is 2.40 bits per heavy atom. The van der Waals surface area contributed by atoms with Crippen molar-refractivity contribution in [3.63, 3.8) is 0 Å². The standard InChI is InChI=1S/C12H20N2O/c1-12(2,9-13)14-11(8-15)10-6-4-3-5-7-10/h3-7,11,14-15H,8-9,13H2,1-2H3. The summed E-state index contributed by atoms with van der Waals surface area (Å²) in [6, 6.07) is 9.85. The van der Waals surface area contributed by atoms with Gasteiger partial charge in [-0.15, -0.1) is 0 Å². The highest BCUT2D eigenvalue weighted by Gasteiger charge is 2.20. The van der Waals surface area contributed by atoms with Crippen LogP contribution in [0.5, 0.6) is 0 Å². The van der Waals surface area contributed by atoms with Crippen molar-refractivity contribution in [2.24, 2.45) is 5.73 Å². The summed E-state index contributed by atoms with van der Waals surface area (Å²) in [7, 11) is 0. The predicted molar refractivity (Wildman–Crippen MR) is 62.5 cm³/mol. The molecule has 0 aliphatic carbocycles. The zero-order chi connectivity index (χ0) is 11.3. The number of hydrogen-bond acceptors (Lipinski definition) is 3. The van der Waals surface area contributed by atoms with Gasteiger partial charge in [-0.05, 0) is 19.4 Å². The molecule has 0 heterocycles. The molecular weight excluding hydrogens is 188 g/mol.